The maximum absolute atomic E-state index is 12.7. The average molecular weight is 465 g/mol. The molecule has 1 aliphatic heterocycles. The van der Waals surface area contributed by atoms with Crippen molar-refractivity contribution in [3.63, 3.8) is 0 Å². The van der Waals surface area contributed by atoms with Gasteiger partial charge in [0.15, 0.2) is 5.78 Å². The molecule has 2 aromatic carbocycles. The molecule has 0 radical (unpaired) electrons. The van der Waals surface area contributed by atoms with Crippen molar-refractivity contribution < 1.29 is 19.4 Å². The third-order valence-electron chi connectivity index (χ3n) is 4.53. The molecule has 1 amide bonds. The molecule has 26 heavy (non-hydrogen) atoms. The minimum absolute atomic E-state index is 0.0881. The van der Waals surface area contributed by atoms with Gasteiger partial charge in [0, 0.05) is 20.3 Å². The Morgan fingerprint density at radius 2 is 1.88 bits per heavy atom. The number of benzene rings is 2. The predicted octanol–water partition coefficient (Wildman–Crippen LogP) is 3.50. The molecule has 0 aliphatic carbocycles. The van der Waals surface area contributed by atoms with Crippen LogP contribution in [0, 0.1) is 3.57 Å². The summed E-state index contributed by atoms with van der Waals surface area (Å²) in [5.41, 5.74) is 0.738. The number of amides is 1. The topological polar surface area (TPSA) is 75.6 Å². The van der Waals surface area contributed by atoms with E-state index in [0.717, 1.165) is 3.57 Å². The van der Waals surface area contributed by atoms with E-state index in [-0.39, 0.29) is 11.7 Å². The standard InChI is InChI=1S/C20H20INO4/c1-11(23)12-7-8-16-15(10-12)17(18(24)20(2,3)26-16)22-19(25)13-5-4-6-14(21)9-13/h4-10,17-18,24H,1-3H3,(H,22,25)/t17-,18+/m1/s1. The van der Waals surface area contributed by atoms with Crippen molar-refractivity contribution in [3.8, 4) is 5.75 Å². The molecule has 2 atom stereocenters. The number of hydrogen-bond donors (Lipinski definition) is 2. The van der Waals surface area contributed by atoms with Crippen LogP contribution in [0.25, 0.3) is 0 Å². The van der Waals surface area contributed by atoms with Gasteiger partial charge in [-0.3, -0.25) is 9.59 Å². The summed E-state index contributed by atoms with van der Waals surface area (Å²) in [5, 5.41) is 13.7. The summed E-state index contributed by atoms with van der Waals surface area (Å²) in [5.74, 6) is 0.178. The minimum atomic E-state index is -0.969. The molecule has 2 aromatic rings. The number of Topliss-reactive ketones (excluding diaryl/α,β-unsaturated/α-hetero) is 1. The van der Waals surface area contributed by atoms with Crippen LogP contribution in [-0.4, -0.2) is 28.5 Å². The summed E-state index contributed by atoms with van der Waals surface area (Å²) in [7, 11) is 0. The number of carbonyl (C=O) groups excluding carboxylic acids is 2. The van der Waals surface area contributed by atoms with Gasteiger partial charge in [0.2, 0.25) is 0 Å². The number of fused-ring (bicyclic) bond motifs is 1. The molecule has 6 heteroatoms. The number of hydrogen-bond acceptors (Lipinski definition) is 4. The number of ether oxygens (including phenoxy) is 1. The highest BCUT2D eigenvalue weighted by atomic mass is 127. The Balaban J connectivity index is 2.00. The lowest BCUT2D eigenvalue weighted by molar-refractivity contribution is -0.0627. The van der Waals surface area contributed by atoms with Gasteiger partial charge in [-0.1, -0.05) is 6.07 Å². The number of halogens is 1. The van der Waals surface area contributed by atoms with Gasteiger partial charge in [-0.15, -0.1) is 0 Å². The molecular weight excluding hydrogens is 445 g/mol. The lowest BCUT2D eigenvalue weighted by Crippen LogP contribution is -2.53. The Morgan fingerprint density at radius 1 is 1.15 bits per heavy atom. The normalized spacial score (nSPS) is 20.7. The van der Waals surface area contributed by atoms with E-state index in [2.05, 4.69) is 27.9 Å². The summed E-state index contributed by atoms with van der Waals surface area (Å²) in [6.07, 6.45) is -0.969. The third-order valence-corrected chi connectivity index (χ3v) is 5.20. The van der Waals surface area contributed by atoms with Crippen LogP contribution in [0.5, 0.6) is 5.75 Å². The molecule has 1 aliphatic rings. The van der Waals surface area contributed by atoms with Crippen LogP contribution in [0.2, 0.25) is 0 Å². The van der Waals surface area contributed by atoms with Gasteiger partial charge in [-0.2, -0.15) is 0 Å². The van der Waals surface area contributed by atoms with Gasteiger partial charge in [0.05, 0.1) is 6.04 Å². The van der Waals surface area contributed by atoms with Crippen molar-refractivity contribution in [2.24, 2.45) is 0 Å². The van der Waals surface area contributed by atoms with E-state index in [0.29, 0.717) is 22.4 Å². The summed E-state index contributed by atoms with van der Waals surface area (Å²) >= 11 is 2.14. The number of aliphatic hydroxyl groups is 1. The van der Waals surface area contributed by atoms with Gasteiger partial charge >= 0.3 is 0 Å². The van der Waals surface area contributed by atoms with E-state index < -0.39 is 17.7 Å². The zero-order chi connectivity index (χ0) is 19.1. The van der Waals surface area contributed by atoms with E-state index >= 15 is 0 Å². The maximum atomic E-state index is 12.7. The first-order chi connectivity index (χ1) is 12.2. The molecular formula is C20H20INO4. The van der Waals surface area contributed by atoms with Crippen LogP contribution in [0.15, 0.2) is 42.5 Å². The molecule has 5 nitrogen and oxygen atoms in total. The molecule has 0 saturated heterocycles. The Kier molecular flexibility index (Phi) is 5.07. The monoisotopic (exact) mass is 465 g/mol. The number of ketones is 1. The first-order valence-corrected chi connectivity index (χ1v) is 9.35. The number of nitrogens with one attached hydrogen (secondary N) is 1. The molecule has 0 aromatic heterocycles. The second kappa shape index (κ2) is 7.00. The Bertz CT molecular complexity index is 878. The van der Waals surface area contributed by atoms with Crippen LogP contribution in [0.4, 0.5) is 0 Å². The maximum Gasteiger partial charge on any atom is 0.251 e. The first kappa shape index (κ1) is 18.8. The molecule has 3 rings (SSSR count). The van der Waals surface area contributed by atoms with E-state index in [9.17, 15) is 14.7 Å². The SMILES string of the molecule is CC(=O)c1ccc2c(c1)[C@@H](NC(=O)c1cccc(I)c1)[C@H](O)C(C)(C)O2. The van der Waals surface area contributed by atoms with Gasteiger partial charge in [0.25, 0.3) is 5.91 Å². The number of aliphatic hydroxyl groups excluding tert-OH is 1. The zero-order valence-electron chi connectivity index (χ0n) is 14.7. The minimum Gasteiger partial charge on any atom is -0.485 e. The smallest absolute Gasteiger partial charge is 0.251 e. The molecule has 0 unspecified atom stereocenters. The van der Waals surface area contributed by atoms with Crippen molar-refractivity contribution in [3.05, 3.63) is 62.7 Å². The van der Waals surface area contributed by atoms with Gasteiger partial charge < -0.3 is 15.2 Å². The van der Waals surface area contributed by atoms with E-state index in [1.807, 2.05) is 12.1 Å². The Labute approximate surface area is 165 Å². The lowest BCUT2D eigenvalue weighted by Gasteiger charge is -2.42. The van der Waals surface area contributed by atoms with Crippen LogP contribution in [0.3, 0.4) is 0 Å². The van der Waals surface area contributed by atoms with Crippen LogP contribution in [0.1, 0.15) is 53.1 Å². The molecule has 0 bridgehead atoms. The number of carbonyl (C=O) groups is 2. The molecule has 136 valence electrons. The van der Waals surface area contributed by atoms with Gasteiger partial charge in [0.1, 0.15) is 17.5 Å². The second-order valence-electron chi connectivity index (χ2n) is 6.92. The number of rotatable bonds is 3. The third kappa shape index (κ3) is 3.61. The summed E-state index contributed by atoms with van der Waals surface area (Å²) in [6, 6.07) is 11.6. The summed E-state index contributed by atoms with van der Waals surface area (Å²) in [6.45, 7) is 5.01. The quantitative estimate of drug-likeness (QED) is 0.538. The van der Waals surface area contributed by atoms with Crippen LogP contribution < -0.4 is 10.1 Å². The van der Waals surface area contributed by atoms with E-state index in [1.165, 1.54) is 6.92 Å². The first-order valence-electron chi connectivity index (χ1n) is 8.27. The summed E-state index contributed by atoms with van der Waals surface area (Å²) in [4.78, 5) is 24.5. The van der Waals surface area contributed by atoms with Crippen molar-refractivity contribution >= 4 is 34.3 Å². The fourth-order valence-corrected chi connectivity index (χ4v) is 3.57. The molecule has 1 heterocycles. The highest BCUT2D eigenvalue weighted by molar-refractivity contribution is 14.1. The highest BCUT2D eigenvalue weighted by Gasteiger charge is 2.43. The van der Waals surface area contributed by atoms with Crippen molar-refractivity contribution in [2.75, 3.05) is 0 Å². The van der Waals surface area contributed by atoms with E-state index in [4.69, 9.17) is 4.74 Å². The lowest BCUT2D eigenvalue weighted by atomic mass is 9.85. The van der Waals surface area contributed by atoms with Crippen molar-refractivity contribution in [1.82, 2.24) is 5.32 Å². The van der Waals surface area contributed by atoms with Gasteiger partial charge in [-0.25, -0.2) is 0 Å². The second-order valence-corrected chi connectivity index (χ2v) is 8.17. The molecule has 2 N–H and O–H groups in total. The largest absolute Gasteiger partial charge is 0.485 e. The zero-order valence-corrected chi connectivity index (χ0v) is 16.9. The average Bonchev–Trinajstić information content (AvgIpc) is 2.58. The predicted molar refractivity (Wildman–Crippen MR) is 107 cm³/mol. The fraction of sp³-hybridized carbons (Fsp3) is 0.300. The van der Waals surface area contributed by atoms with Crippen molar-refractivity contribution in [2.45, 2.75) is 38.5 Å². The summed E-state index contributed by atoms with van der Waals surface area (Å²) < 4.78 is 6.84. The van der Waals surface area contributed by atoms with Crippen LogP contribution in [-0.2, 0) is 0 Å². The highest BCUT2D eigenvalue weighted by Crippen LogP contribution is 2.40. The molecule has 0 spiro atoms. The fourth-order valence-electron chi connectivity index (χ4n) is 3.03. The Morgan fingerprint density at radius 3 is 2.54 bits per heavy atom. The Hall–Kier alpha value is -1.93. The molecule has 0 saturated carbocycles. The van der Waals surface area contributed by atoms with Crippen molar-refractivity contribution in [1.29, 1.82) is 0 Å². The molecule has 0 fully saturated rings. The van der Waals surface area contributed by atoms with Crippen LogP contribution >= 0.6 is 22.6 Å². The van der Waals surface area contributed by atoms with E-state index in [1.54, 1.807) is 44.2 Å². The van der Waals surface area contributed by atoms with Gasteiger partial charge in [-0.05, 0) is 79.8 Å².